The summed E-state index contributed by atoms with van der Waals surface area (Å²) < 4.78 is 11.2. The third-order valence-electron chi connectivity index (χ3n) is 4.31. The number of hydrogen-bond acceptors (Lipinski definition) is 3. The Morgan fingerprint density at radius 3 is 2.38 bits per heavy atom. The molecule has 24 heavy (non-hydrogen) atoms. The van der Waals surface area contributed by atoms with Crippen LogP contribution < -0.4 is 4.74 Å². The molecule has 3 heteroatoms. The van der Waals surface area contributed by atoms with Crippen molar-refractivity contribution in [2.75, 3.05) is 6.61 Å². The summed E-state index contributed by atoms with van der Waals surface area (Å²) in [4.78, 5) is 12.2. The molecule has 0 heterocycles. The summed E-state index contributed by atoms with van der Waals surface area (Å²) in [5.74, 6) is 0.571. The number of carbonyl (C=O) groups is 1. The molecule has 2 rings (SSSR count). The Kier molecular flexibility index (Phi) is 6.02. The van der Waals surface area contributed by atoms with Gasteiger partial charge in [-0.15, -0.1) is 0 Å². The second-order valence-corrected chi connectivity index (χ2v) is 6.01. The van der Waals surface area contributed by atoms with Gasteiger partial charge in [0.1, 0.15) is 12.4 Å². The zero-order valence-corrected chi connectivity index (χ0v) is 15.2. The minimum atomic E-state index is -0.289. The Morgan fingerprint density at radius 1 is 1.00 bits per heavy atom. The first-order valence-electron chi connectivity index (χ1n) is 8.46. The topological polar surface area (TPSA) is 35.5 Å². The number of esters is 1. The van der Waals surface area contributed by atoms with Crippen LogP contribution in [0.2, 0.25) is 0 Å². The quantitative estimate of drug-likeness (QED) is 0.706. The van der Waals surface area contributed by atoms with Crippen molar-refractivity contribution in [1.82, 2.24) is 0 Å². The second kappa shape index (κ2) is 8.00. The van der Waals surface area contributed by atoms with Gasteiger partial charge in [0, 0.05) is 5.56 Å². The predicted molar refractivity (Wildman–Crippen MR) is 96.8 cm³/mol. The van der Waals surface area contributed by atoms with Gasteiger partial charge in [-0.2, -0.15) is 0 Å². The van der Waals surface area contributed by atoms with Gasteiger partial charge in [0.15, 0.2) is 0 Å². The smallest absolute Gasteiger partial charge is 0.338 e. The fourth-order valence-corrected chi connectivity index (χ4v) is 2.78. The molecule has 0 aliphatic rings. The maximum atomic E-state index is 12.2. The van der Waals surface area contributed by atoms with E-state index in [0.29, 0.717) is 18.8 Å². The molecule has 0 amide bonds. The fraction of sp³-hybridized carbons (Fsp3) is 0.381. The van der Waals surface area contributed by atoms with Gasteiger partial charge >= 0.3 is 5.97 Å². The molecule has 2 aromatic rings. The molecular formula is C21H26O3. The average Bonchev–Trinajstić information content (AvgIpc) is 2.56. The van der Waals surface area contributed by atoms with Gasteiger partial charge in [-0.3, -0.25) is 0 Å². The van der Waals surface area contributed by atoms with Crippen LogP contribution in [0.5, 0.6) is 5.75 Å². The van der Waals surface area contributed by atoms with E-state index in [1.807, 2.05) is 32.0 Å². The van der Waals surface area contributed by atoms with E-state index in [4.69, 9.17) is 9.47 Å². The number of rotatable bonds is 6. The highest BCUT2D eigenvalue weighted by Crippen LogP contribution is 2.25. The van der Waals surface area contributed by atoms with Crippen LogP contribution in [0.25, 0.3) is 0 Å². The lowest BCUT2D eigenvalue weighted by molar-refractivity contribution is 0.0523. The van der Waals surface area contributed by atoms with E-state index in [1.165, 1.54) is 11.1 Å². The Hall–Kier alpha value is -2.29. The first-order valence-corrected chi connectivity index (χ1v) is 8.46. The Morgan fingerprint density at radius 2 is 1.71 bits per heavy atom. The monoisotopic (exact) mass is 326 g/mol. The zero-order chi connectivity index (χ0) is 17.7. The maximum absolute atomic E-state index is 12.2. The Labute approximate surface area is 144 Å². The molecule has 0 spiro atoms. The van der Waals surface area contributed by atoms with Crippen molar-refractivity contribution in [3.8, 4) is 5.75 Å². The van der Waals surface area contributed by atoms with E-state index >= 15 is 0 Å². The standard InChI is InChI=1S/C21H26O3/c1-6-17-9-8-10-18(21(22)23-7-2)19(17)13-24-20-12-15(4)14(3)11-16(20)5/h8-12H,6-7,13H2,1-5H3. The van der Waals surface area contributed by atoms with Gasteiger partial charge in [0.25, 0.3) is 0 Å². The van der Waals surface area contributed by atoms with E-state index in [9.17, 15) is 4.79 Å². The highest BCUT2D eigenvalue weighted by molar-refractivity contribution is 5.91. The molecule has 0 aliphatic carbocycles. The summed E-state index contributed by atoms with van der Waals surface area (Å²) in [6.07, 6.45) is 0.845. The van der Waals surface area contributed by atoms with E-state index in [2.05, 4.69) is 32.9 Å². The van der Waals surface area contributed by atoms with Crippen molar-refractivity contribution in [1.29, 1.82) is 0 Å². The summed E-state index contributed by atoms with van der Waals surface area (Å²) in [5, 5.41) is 0. The summed E-state index contributed by atoms with van der Waals surface area (Å²) >= 11 is 0. The molecule has 128 valence electrons. The van der Waals surface area contributed by atoms with Crippen LogP contribution in [0.15, 0.2) is 30.3 Å². The third kappa shape index (κ3) is 3.97. The number of aryl methyl sites for hydroxylation is 4. The maximum Gasteiger partial charge on any atom is 0.338 e. The molecule has 0 aromatic heterocycles. The lowest BCUT2D eigenvalue weighted by Gasteiger charge is -2.16. The van der Waals surface area contributed by atoms with Crippen LogP contribution in [-0.2, 0) is 17.8 Å². The third-order valence-corrected chi connectivity index (χ3v) is 4.31. The minimum absolute atomic E-state index is 0.289. The van der Waals surface area contributed by atoms with Crippen molar-refractivity contribution in [2.45, 2.75) is 47.6 Å². The molecule has 0 atom stereocenters. The summed E-state index contributed by atoms with van der Waals surface area (Å²) in [7, 11) is 0. The fourth-order valence-electron chi connectivity index (χ4n) is 2.78. The lowest BCUT2D eigenvalue weighted by atomic mass is 9.99. The summed E-state index contributed by atoms with van der Waals surface area (Å²) in [6.45, 7) is 10.8. The number of hydrogen-bond donors (Lipinski definition) is 0. The van der Waals surface area contributed by atoms with E-state index < -0.39 is 0 Å². The van der Waals surface area contributed by atoms with E-state index in [-0.39, 0.29) is 5.97 Å². The average molecular weight is 326 g/mol. The van der Waals surface area contributed by atoms with Crippen LogP contribution >= 0.6 is 0 Å². The molecule has 0 fully saturated rings. The highest BCUT2D eigenvalue weighted by atomic mass is 16.5. The zero-order valence-electron chi connectivity index (χ0n) is 15.2. The molecule has 0 bridgehead atoms. The van der Waals surface area contributed by atoms with Crippen molar-refractivity contribution >= 4 is 5.97 Å². The molecule has 0 unspecified atom stereocenters. The summed E-state index contributed by atoms with van der Waals surface area (Å²) in [5.41, 5.74) is 6.17. The highest BCUT2D eigenvalue weighted by Gasteiger charge is 2.16. The van der Waals surface area contributed by atoms with Gasteiger partial charge in [0.05, 0.1) is 12.2 Å². The molecule has 2 aromatic carbocycles. The van der Waals surface area contributed by atoms with E-state index in [1.54, 1.807) is 0 Å². The minimum Gasteiger partial charge on any atom is -0.489 e. The van der Waals surface area contributed by atoms with Crippen LogP contribution in [0, 0.1) is 20.8 Å². The molecule has 0 aliphatic heterocycles. The first-order chi connectivity index (χ1) is 11.5. The largest absolute Gasteiger partial charge is 0.489 e. The van der Waals surface area contributed by atoms with Crippen LogP contribution in [0.3, 0.4) is 0 Å². The van der Waals surface area contributed by atoms with Crippen LogP contribution in [0.4, 0.5) is 0 Å². The number of ether oxygens (including phenoxy) is 2. The number of benzene rings is 2. The lowest BCUT2D eigenvalue weighted by Crippen LogP contribution is -2.12. The van der Waals surface area contributed by atoms with Crippen molar-refractivity contribution < 1.29 is 14.3 Å². The van der Waals surface area contributed by atoms with Crippen LogP contribution in [-0.4, -0.2) is 12.6 Å². The first kappa shape index (κ1) is 18.1. The second-order valence-electron chi connectivity index (χ2n) is 6.01. The molecule has 3 nitrogen and oxygen atoms in total. The Balaban J connectivity index is 2.32. The number of carbonyl (C=O) groups excluding carboxylic acids is 1. The molecule has 0 saturated carbocycles. The summed E-state index contributed by atoms with van der Waals surface area (Å²) in [6, 6.07) is 9.93. The van der Waals surface area contributed by atoms with Gasteiger partial charge in [0.2, 0.25) is 0 Å². The van der Waals surface area contributed by atoms with Crippen molar-refractivity contribution in [3.05, 3.63) is 63.7 Å². The molecular weight excluding hydrogens is 300 g/mol. The predicted octanol–water partition coefficient (Wildman–Crippen LogP) is 4.93. The van der Waals surface area contributed by atoms with E-state index in [0.717, 1.165) is 28.9 Å². The van der Waals surface area contributed by atoms with Gasteiger partial charge in [-0.1, -0.05) is 25.1 Å². The molecule has 0 N–H and O–H groups in total. The Bertz CT molecular complexity index is 732. The van der Waals surface area contributed by atoms with Crippen molar-refractivity contribution in [3.63, 3.8) is 0 Å². The SMILES string of the molecule is CCOC(=O)c1cccc(CC)c1COc1cc(C)c(C)cc1C. The van der Waals surface area contributed by atoms with Crippen molar-refractivity contribution in [2.24, 2.45) is 0 Å². The van der Waals surface area contributed by atoms with Crippen LogP contribution in [0.1, 0.15) is 52.0 Å². The van der Waals surface area contributed by atoms with Gasteiger partial charge < -0.3 is 9.47 Å². The van der Waals surface area contributed by atoms with Gasteiger partial charge in [-0.25, -0.2) is 4.79 Å². The normalized spacial score (nSPS) is 10.5. The van der Waals surface area contributed by atoms with Gasteiger partial charge in [-0.05, 0) is 68.5 Å². The molecule has 0 saturated heterocycles. The molecule has 0 radical (unpaired) electrons.